The van der Waals surface area contributed by atoms with E-state index in [4.69, 9.17) is 14.2 Å². The van der Waals surface area contributed by atoms with Crippen molar-refractivity contribution in [2.24, 2.45) is 0 Å². The zero-order valence-corrected chi connectivity index (χ0v) is 16.7. The molecule has 1 unspecified atom stereocenters. The van der Waals surface area contributed by atoms with Gasteiger partial charge in [0.2, 0.25) is 0 Å². The molecule has 3 N–H and O–H groups in total. The van der Waals surface area contributed by atoms with Crippen LogP contribution in [0.5, 0.6) is 17.2 Å². The van der Waals surface area contributed by atoms with Crippen LogP contribution < -0.4 is 30.2 Å². The second-order valence-corrected chi connectivity index (χ2v) is 6.37. The number of hydrogen-bond donors (Lipinski definition) is 3. The van der Waals surface area contributed by atoms with Crippen molar-refractivity contribution in [2.75, 3.05) is 26.6 Å². The summed E-state index contributed by atoms with van der Waals surface area (Å²) >= 11 is 0. The molecule has 1 aliphatic rings. The van der Waals surface area contributed by atoms with E-state index >= 15 is 0 Å². The van der Waals surface area contributed by atoms with Gasteiger partial charge in [-0.25, -0.2) is 4.79 Å². The minimum atomic E-state index is -0.692. The summed E-state index contributed by atoms with van der Waals surface area (Å²) in [6, 6.07) is 11.2. The second kappa shape index (κ2) is 8.55. The molecular formula is C21H23N3O5. The number of benzene rings is 2. The van der Waals surface area contributed by atoms with E-state index in [9.17, 15) is 9.59 Å². The molecule has 0 saturated carbocycles. The van der Waals surface area contributed by atoms with Gasteiger partial charge >= 0.3 is 6.03 Å². The molecule has 3 rings (SSSR count). The first-order valence-corrected chi connectivity index (χ1v) is 8.92. The maximum atomic E-state index is 13.2. The zero-order valence-electron chi connectivity index (χ0n) is 16.7. The number of carbonyl (C=O) groups is 2. The van der Waals surface area contributed by atoms with Gasteiger partial charge < -0.3 is 30.2 Å². The molecule has 0 fully saturated rings. The lowest BCUT2D eigenvalue weighted by Gasteiger charge is -2.29. The van der Waals surface area contributed by atoms with Crippen LogP contribution in [-0.4, -0.2) is 33.3 Å². The van der Waals surface area contributed by atoms with Gasteiger partial charge in [0.25, 0.3) is 5.91 Å². The predicted molar refractivity (Wildman–Crippen MR) is 108 cm³/mol. The van der Waals surface area contributed by atoms with Crippen LogP contribution in [0.4, 0.5) is 10.5 Å². The molecule has 0 aliphatic carbocycles. The van der Waals surface area contributed by atoms with Gasteiger partial charge in [-0.05, 0) is 36.8 Å². The van der Waals surface area contributed by atoms with E-state index < -0.39 is 12.1 Å². The first-order chi connectivity index (χ1) is 14.0. The van der Waals surface area contributed by atoms with Crippen LogP contribution in [-0.2, 0) is 4.79 Å². The summed E-state index contributed by atoms with van der Waals surface area (Å²) in [6.07, 6.45) is 0. The van der Waals surface area contributed by atoms with Crippen LogP contribution in [0.3, 0.4) is 0 Å². The molecule has 0 spiro atoms. The Hall–Kier alpha value is -3.68. The maximum Gasteiger partial charge on any atom is 0.319 e. The van der Waals surface area contributed by atoms with Gasteiger partial charge in [0.05, 0.1) is 38.6 Å². The molecule has 1 atom stereocenters. The number of rotatable bonds is 6. The van der Waals surface area contributed by atoms with E-state index in [1.165, 1.54) is 21.3 Å². The van der Waals surface area contributed by atoms with E-state index in [1.54, 1.807) is 43.3 Å². The number of hydrogen-bond acceptors (Lipinski definition) is 5. The van der Waals surface area contributed by atoms with Gasteiger partial charge in [-0.3, -0.25) is 4.79 Å². The SMILES string of the molecule is COc1cc(OC)cc(C2NC(=O)NC(C)=C2C(=O)Nc2ccccc2OC)c1. The number of carbonyl (C=O) groups excluding carboxylic acids is 2. The minimum absolute atomic E-state index is 0.366. The van der Waals surface area contributed by atoms with Gasteiger partial charge in [0, 0.05) is 11.8 Å². The molecule has 0 aromatic heterocycles. The Morgan fingerprint density at radius 3 is 2.28 bits per heavy atom. The van der Waals surface area contributed by atoms with Crippen LogP contribution in [0.2, 0.25) is 0 Å². The number of allylic oxidation sites excluding steroid dienone is 1. The summed E-state index contributed by atoms with van der Waals surface area (Å²) in [7, 11) is 4.61. The highest BCUT2D eigenvalue weighted by Crippen LogP contribution is 2.33. The third kappa shape index (κ3) is 4.26. The van der Waals surface area contributed by atoms with Gasteiger partial charge in [0.1, 0.15) is 17.2 Å². The summed E-state index contributed by atoms with van der Waals surface area (Å²) in [5.41, 5.74) is 2.00. The number of para-hydroxylation sites is 2. The standard InChI is InChI=1S/C21H23N3O5/c1-12-18(20(25)23-16-7-5-6-8-17(16)29-4)19(24-21(26)22-12)13-9-14(27-2)11-15(10-13)28-3/h5-11,19H,1-4H3,(H,23,25)(H2,22,24,26). The number of ether oxygens (including phenoxy) is 3. The number of amides is 3. The Kier molecular flexibility index (Phi) is 5.92. The number of nitrogens with one attached hydrogen (secondary N) is 3. The molecule has 1 aliphatic heterocycles. The van der Waals surface area contributed by atoms with Crippen LogP contribution >= 0.6 is 0 Å². The monoisotopic (exact) mass is 397 g/mol. The zero-order chi connectivity index (χ0) is 21.0. The molecule has 29 heavy (non-hydrogen) atoms. The quantitative estimate of drug-likeness (QED) is 0.696. The number of methoxy groups -OCH3 is 3. The van der Waals surface area contributed by atoms with Gasteiger partial charge in [-0.2, -0.15) is 0 Å². The van der Waals surface area contributed by atoms with Crippen LogP contribution in [0.25, 0.3) is 0 Å². The fourth-order valence-corrected chi connectivity index (χ4v) is 3.18. The Labute approximate surface area is 168 Å². The van der Waals surface area contributed by atoms with Crippen LogP contribution in [0.1, 0.15) is 18.5 Å². The van der Waals surface area contributed by atoms with Crippen molar-refractivity contribution in [1.29, 1.82) is 0 Å². The van der Waals surface area contributed by atoms with Crippen molar-refractivity contribution in [3.05, 3.63) is 59.3 Å². The van der Waals surface area contributed by atoms with E-state index in [-0.39, 0.29) is 5.91 Å². The first kappa shape index (κ1) is 20.1. The van der Waals surface area contributed by atoms with Crippen LogP contribution in [0.15, 0.2) is 53.7 Å². The van der Waals surface area contributed by atoms with Gasteiger partial charge in [-0.1, -0.05) is 12.1 Å². The molecule has 0 radical (unpaired) electrons. The summed E-state index contributed by atoms with van der Waals surface area (Å²) in [5.74, 6) is 1.27. The minimum Gasteiger partial charge on any atom is -0.497 e. The highest BCUT2D eigenvalue weighted by atomic mass is 16.5. The van der Waals surface area contributed by atoms with Crippen molar-refractivity contribution in [2.45, 2.75) is 13.0 Å². The molecule has 0 saturated heterocycles. The summed E-state index contributed by atoms with van der Waals surface area (Å²) in [6.45, 7) is 1.68. The summed E-state index contributed by atoms with van der Waals surface area (Å²) in [5, 5.41) is 8.31. The van der Waals surface area contributed by atoms with E-state index in [0.29, 0.717) is 39.8 Å². The molecule has 3 amide bonds. The smallest absolute Gasteiger partial charge is 0.319 e. The fraction of sp³-hybridized carbons (Fsp3) is 0.238. The highest BCUT2D eigenvalue weighted by molar-refractivity contribution is 6.07. The average Bonchev–Trinajstić information content (AvgIpc) is 2.72. The third-order valence-corrected chi connectivity index (χ3v) is 4.58. The molecule has 2 aromatic rings. The lowest BCUT2D eigenvalue weighted by molar-refractivity contribution is -0.113. The van der Waals surface area contributed by atoms with Crippen LogP contribution in [0, 0.1) is 0 Å². The predicted octanol–water partition coefficient (Wildman–Crippen LogP) is 2.98. The number of anilines is 1. The first-order valence-electron chi connectivity index (χ1n) is 8.92. The lowest BCUT2D eigenvalue weighted by atomic mass is 9.94. The molecule has 8 nitrogen and oxygen atoms in total. The van der Waals surface area contributed by atoms with Gasteiger partial charge in [0.15, 0.2) is 0 Å². The largest absolute Gasteiger partial charge is 0.497 e. The summed E-state index contributed by atoms with van der Waals surface area (Å²) in [4.78, 5) is 25.3. The van der Waals surface area contributed by atoms with Gasteiger partial charge in [-0.15, -0.1) is 0 Å². The maximum absolute atomic E-state index is 13.2. The normalized spacial score (nSPS) is 15.9. The molecule has 2 aromatic carbocycles. The Morgan fingerprint density at radius 2 is 1.66 bits per heavy atom. The van der Waals surface area contributed by atoms with Crippen molar-refractivity contribution in [3.63, 3.8) is 0 Å². The topological polar surface area (TPSA) is 97.9 Å². The van der Waals surface area contributed by atoms with E-state index in [1.807, 2.05) is 6.07 Å². The van der Waals surface area contributed by atoms with Crippen molar-refractivity contribution >= 4 is 17.6 Å². The molecule has 152 valence electrons. The van der Waals surface area contributed by atoms with E-state index in [0.717, 1.165) is 0 Å². The molecule has 0 bridgehead atoms. The van der Waals surface area contributed by atoms with Crippen molar-refractivity contribution in [1.82, 2.24) is 10.6 Å². The molecule has 1 heterocycles. The Balaban J connectivity index is 2.01. The molecule has 8 heteroatoms. The Bertz CT molecular complexity index is 948. The summed E-state index contributed by atoms with van der Waals surface area (Å²) < 4.78 is 15.9. The lowest BCUT2D eigenvalue weighted by Crippen LogP contribution is -2.46. The number of urea groups is 1. The van der Waals surface area contributed by atoms with E-state index in [2.05, 4.69) is 16.0 Å². The van der Waals surface area contributed by atoms with Crippen molar-refractivity contribution < 1.29 is 23.8 Å². The average molecular weight is 397 g/mol. The van der Waals surface area contributed by atoms with Crippen molar-refractivity contribution in [3.8, 4) is 17.2 Å². The third-order valence-electron chi connectivity index (χ3n) is 4.58. The Morgan fingerprint density at radius 1 is 1.00 bits per heavy atom. The fourth-order valence-electron chi connectivity index (χ4n) is 3.18. The highest BCUT2D eigenvalue weighted by Gasteiger charge is 2.32. The second-order valence-electron chi connectivity index (χ2n) is 6.37. The molecular weight excluding hydrogens is 374 g/mol.